The number of benzene rings is 2. The molecule has 4 aromatic rings. The molecule has 12 heteroatoms. The summed E-state index contributed by atoms with van der Waals surface area (Å²) in [6.45, 7) is 7.62. The van der Waals surface area contributed by atoms with E-state index in [0.717, 1.165) is 5.57 Å². The molecule has 2 aromatic carbocycles. The van der Waals surface area contributed by atoms with E-state index < -0.39 is 17.3 Å². The quantitative estimate of drug-likeness (QED) is 0.218. The lowest BCUT2D eigenvalue weighted by molar-refractivity contribution is -0.137. The molecule has 1 unspecified atom stereocenters. The van der Waals surface area contributed by atoms with Crippen LogP contribution in [0.1, 0.15) is 37.8 Å². The zero-order valence-electron chi connectivity index (χ0n) is 22.3. The highest BCUT2D eigenvalue weighted by Gasteiger charge is 2.48. The Bertz CT molecular complexity index is 1770. The summed E-state index contributed by atoms with van der Waals surface area (Å²) in [4.78, 5) is 33.2. The summed E-state index contributed by atoms with van der Waals surface area (Å²) >= 11 is 6.28. The number of carbonyl (C=O) groups excluding carboxylic acids is 1. The van der Waals surface area contributed by atoms with Crippen LogP contribution in [0.25, 0.3) is 22.4 Å². The molecule has 1 aliphatic heterocycles. The van der Waals surface area contributed by atoms with Gasteiger partial charge in [0, 0.05) is 28.1 Å². The Morgan fingerprint density at radius 1 is 1.27 bits per heavy atom. The van der Waals surface area contributed by atoms with E-state index in [0.29, 0.717) is 44.9 Å². The number of carboxylic acids is 1. The molecule has 0 saturated carbocycles. The fourth-order valence-corrected chi connectivity index (χ4v) is 4.92. The van der Waals surface area contributed by atoms with Crippen LogP contribution in [0.15, 0.2) is 66.5 Å². The van der Waals surface area contributed by atoms with Crippen LogP contribution >= 0.6 is 11.6 Å². The minimum Gasteiger partial charge on any atom is -0.481 e. The van der Waals surface area contributed by atoms with E-state index in [1.165, 1.54) is 6.07 Å². The molecule has 5 rings (SSSR count). The van der Waals surface area contributed by atoms with Gasteiger partial charge in [0.25, 0.3) is 0 Å². The number of allylic oxidation sites excluding steroid dienone is 1. The van der Waals surface area contributed by atoms with Crippen LogP contribution in [-0.4, -0.2) is 36.7 Å². The number of amides is 1. The van der Waals surface area contributed by atoms with Crippen LogP contribution in [-0.2, 0) is 21.5 Å². The van der Waals surface area contributed by atoms with Gasteiger partial charge in [0.05, 0.1) is 17.6 Å². The van der Waals surface area contributed by atoms with Gasteiger partial charge in [-0.2, -0.15) is 5.10 Å². The maximum Gasteiger partial charge on any atom is 0.303 e. The lowest BCUT2D eigenvalue weighted by Crippen LogP contribution is -2.37. The molecule has 2 aromatic heterocycles. The molecule has 3 heterocycles. The zero-order valence-corrected chi connectivity index (χ0v) is 23.1. The van der Waals surface area contributed by atoms with Crippen molar-refractivity contribution in [1.29, 1.82) is 0 Å². The summed E-state index contributed by atoms with van der Waals surface area (Å²) in [6.07, 6.45) is 1.94. The first-order valence-corrected chi connectivity index (χ1v) is 13.1. The van der Waals surface area contributed by atoms with Crippen molar-refractivity contribution < 1.29 is 19.1 Å². The van der Waals surface area contributed by atoms with E-state index in [9.17, 15) is 14.0 Å². The normalized spacial score (nSPS) is 16.5. The number of nitrogens with two attached hydrogens (primary N) is 1. The first kappa shape index (κ1) is 27.8. The largest absolute Gasteiger partial charge is 0.481 e. The van der Waals surface area contributed by atoms with Gasteiger partial charge in [0.1, 0.15) is 28.6 Å². The molecule has 0 radical (unpaired) electrons. The number of carbonyl (C=O) groups is 2. The number of carboxylic acid groups (broad SMARTS) is 1. The van der Waals surface area contributed by atoms with Crippen LogP contribution in [0.5, 0.6) is 0 Å². The lowest BCUT2D eigenvalue weighted by atomic mass is 9.81. The number of nitrogen functional groups attached to an aromatic ring is 1. The van der Waals surface area contributed by atoms with Crippen molar-refractivity contribution in [3.05, 3.63) is 88.5 Å². The van der Waals surface area contributed by atoms with Crippen LogP contribution in [0, 0.1) is 5.82 Å². The second-order valence-electron chi connectivity index (χ2n) is 10.0. The fourth-order valence-electron chi connectivity index (χ4n) is 4.75. The highest BCUT2D eigenvalue weighted by Crippen LogP contribution is 2.44. The molecule has 1 atom stereocenters. The Morgan fingerprint density at radius 2 is 2.02 bits per heavy atom. The zero-order chi connectivity index (χ0) is 29.5. The second kappa shape index (κ2) is 10.7. The van der Waals surface area contributed by atoms with Crippen molar-refractivity contribution in [2.45, 2.75) is 38.6 Å². The number of aromatic nitrogens is 4. The van der Waals surface area contributed by atoms with Crippen molar-refractivity contribution in [1.82, 2.24) is 25.1 Å². The Morgan fingerprint density at radius 3 is 2.76 bits per heavy atom. The third kappa shape index (κ3) is 5.11. The first-order chi connectivity index (χ1) is 19.5. The summed E-state index contributed by atoms with van der Waals surface area (Å²) < 4.78 is 16.1. The van der Waals surface area contributed by atoms with Gasteiger partial charge in [-0.25, -0.2) is 14.4 Å². The molecule has 0 aliphatic carbocycles. The SMILES string of the molecule is C=C(N/C=C(\C)CCC(=O)O)C1(C)C(=O)Nc2nc(-c3nn(Cc4ccccc4F)c4cc(Cl)ccc34)nc(N)c21. The molecule has 0 saturated heterocycles. The average molecular weight is 576 g/mol. The molecular formula is C29H27ClFN7O3. The van der Waals surface area contributed by atoms with Gasteiger partial charge in [0.2, 0.25) is 5.91 Å². The summed E-state index contributed by atoms with van der Waals surface area (Å²) in [5, 5.41) is 20.6. The van der Waals surface area contributed by atoms with E-state index in [2.05, 4.69) is 27.2 Å². The fraction of sp³-hybridized carbons (Fsp3) is 0.207. The predicted molar refractivity (Wildman–Crippen MR) is 155 cm³/mol. The van der Waals surface area contributed by atoms with Crippen molar-refractivity contribution in [3.8, 4) is 11.5 Å². The minimum absolute atomic E-state index is 0.0163. The highest BCUT2D eigenvalue weighted by atomic mass is 35.5. The van der Waals surface area contributed by atoms with Crippen molar-refractivity contribution in [2.75, 3.05) is 11.1 Å². The molecular weight excluding hydrogens is 549 g/mol. The minimum atomic E-state index is -1.30. The maximum atomic E-state index is 14.4. The van der Waals surface area contributed by atoms with Crippen LogP contribution < -0.4 is 16.4 Å². The number of hydrogen-bond donors (Lipinski definition) is 4. The van der Waals surface area contributed by atoms with Gasteiger partial charge in [-0.1, -0.05) is 42.0 Å². The van der Waals surface area contributed by atoms with E-state index >= 15 is 0 Å². The Balaban J connectivity index is 1.52. The number of anilines is 2. The molecule has 0 bridgehead atoms. The monoisotopic (exact) mass is 575 g/mol. The highest BCUT2D eigenvalue weighted by molar-refractivity contribution is 6.31. The van der Waals surface area contributed by atoms with Gasteiger partial charge in [0.15, 0.2) is 5.82 Å². The number of hydrogen-bond acceptors (Lipinski definition) is 7. The van der Waals surface area contributed by atoms with Crippen molar-refractivity contribution >= 4 is 46.0 Å². The number of fused-ring (bicyclic) bond motifs is 2. The van der Waals surface area contributed by atoms with Gasteiger partial charge >= 0.3 is 5.97 Å². The Hall–Kier alpha value is -4.77. The summed E-state index contributed by atoms with van der Waals surface area (Å²) in [6, 6.07) is 11.6. The maximum absolute atomic E-state index is 14.4. The molecule has 41 heavy (non-hydrogen) atoms. The second-order valence-corrected chi connectivity index (χ2v) is 10.4. The van der Waals surface area contributed by atoms with Gasteiger partial charge < -0.3 is 21.5 Å². The average Bonchev–Trinajstić information content (AvgIpc) is 3.41. The van der Waals surface area contributed by atoms with Crippen LogP contribution in [0.3, 0.4) is 0 Å². The number of halogens is 2. The lowest BCUT2D eigenvalue weighted by Gasteiger charge is -2.25. The van der Waals surface area contributed by atoms with E-state index in [-0.39, 0.29) is 36.2 Å². The van der Waals surface area contributed by atoms with E-state index in [4.69, 9.17) is 27.5 Å². The number of rotatable bonds is 9. The number of nitrogens with zero attached hydrogens (tertiary/aromatic N) is 4. The summed E-state index contributed by atoms with van der Waals surface area (Å²) in [7, 11) is 0. The summed E-state index contributed by atoms with van der Waals surface area (Å²) in [5.41, 5.74) is 8.07. The molecule has 1 amide bonds. The standard InChI is InChI=1S/C29H27ClFN7O3/c1-15(8-11-22(39)40)13-33-16(2)29(3)23-25(32)34-27(35-26(23)36-28(29)41)24-19-10-9-18(30)12-21(19)38(37-24)14-17-6-4-5-7-20(17)31/h4-7,9-10,12-13,33H,2,8,11,14H2,1,3H3,(H,39,40)(H3,32,34,35,36,41)/b15-13+. The topological polar surface area (TPSA) is 148 Å². The molecule has 210 valence electrons. The molecule has 10 nitrogen and oxygen atoms in total. The van der Waals surface area contributed by atoms with Crippen molar-refractivity contribution in [2.24, 2.45) is 0 Å². The third-order valence-corrected chi connectivity index (χ3v) is 7.39. The predicted octanol–water partition coefficient (Wildman–Crippen LogP) is 5.00. The molecule has 5 N–H and O–H groups in total. The molecule has 0 fully saturated rings. The van der Waals surface area contributed by atoms with Gasteiger partial charge in [-0.3, -0.25) is 14.3 Å². The molecule has 1 aliphatic rings. The van der Waals surface area contributed by atoms with E-state index in [1.807, 2.05) is 0 Å². The van der Waals surface area contributed by atoms with E-state index in [1.54, 1.807) is 61.1 Å². The van der Waals surface area contributed by atoms with Crippen molar-refractivity contribution in [3.63, 3.8) is 0 Å². The first-order valence-electron chi connectivity index (χ1n) is 12.7. The Labute approximate surface area is 239 Å². The van der Waals surface area contributed by atoms with Gasteiger partial charge in [-0.05, 0) is 50.7 Å². The van der Waals surface area contributed by atoms with Crippen LogP contribution in [0.4, 0.5) is 16.0 Å². The smallest absolute Gasteiger partial charge is 0.303 e. The van der Waals surface area contributed by atoms with Gasteiger partial charge in [-0.15, -0.1) is 0 Å². The number of nitrogens with one attached hydrogen (secondary N) is 2. The van der Waals surface area contributed by atoms with Crippen LogP contribution in [0.2, 0.25) is 5.02 Å². The Kier molecular flexibility index (Phi) is 7.22. The third-order valence-electron chi connectivity index (χ3n) is 7.16. The summed E-state index contributed by atoms with van der Waals surface area (Å²) in [5.74, 6) is -1.21. The molecule has 0 spiro atoms. The number of aliphatic carboxylic acids is 1.